The molecule has 0 bridgehead atoms. The van der Waals surface area contributed by atoms with Crippen LogP contribution in [0.3, 0.4) is 0 Å². The number of nitrogens with one attached hydrogen (secondary N) is 1. The number of nitrogens with zero attached hydrogens (tertiary/aromatic N) is 1. The minimum atomic E-state index is -0.196. The maximum absolute atomic E-state index is 12.9. The van der Waals surface area contributed by atoms with Crippen molar-refractivity contribution in [2.75, 3.05) is 12.4 Å². The van der Waals surface area contributed by atoms with E-state index in [0.29, 0.717) is 12.2 Å². The topological polar surface area (TPSA) is 71.5 Å². The Labute approximate surface area is 162 Å². The fourth-order valence-corrected chi connectivity index (χ4v) is 4.40. The predicted molar refractivity (Wildman–Crippen MR) is 108 cm³/mol. The predicted octanol–water partition coefficient (Wildman–Crippen LogP) is 4.51. The third kappa shape index (κ3) is 2.47. The third-order valence-corrected chi connectivity index (χ3v) is 5.69. The number of rotatable bonds is 2. The van der Waals surface area contributed by atoms with Crippen molar-refractivity contribution in [3.05, 3.63) is 71.1 Å². The van der Waals surface area contributed by atoms with Gasteiger partial charge in [0.1, 0.15) is 0 Å². The average Bonchev–Trinajstić information content (AvgIpc) is 2.73. The summed E-state index contributed by atoms with van der Waals surface area (Å²) in [6.07, 6.45) is 4.06. The second-order valence-electron chi connectivity index (χ2n) is 7.26. The fourth-order valence-electron chi connectivity index (χ4n) is 4.40. The molecule has 0 spiro atoms. The van der Waals surface area contributed by atoms with Crippen molar-refractivity contribution in [1.82, 2.24) is 4.98 Å². The van der Waals surface area contributed by atoms with Crippen molar-refractivity contribution >= 4 is 22.4 Å². The number of aromatic nitrogens is 1. The average molecular weight is 372 g/mol. The highest BCUT2D eigenvalue weighted by atomic mass is 16.5. The number of methoxy groups -OCH3 is 1. The number of benzene rings is 2. The molecule has 0 saturated heterocycles. The zero-order valence-corrected chi connectivity index (χ0v) is 15.5. The van der Waals surface area contributed by atoms with Gasteiger partial charge in [0.2, 0.25) is 0 Å². The number of ketones is 1. The molecule has 1 aliphatic carbocycles. The monoisotopic (exact) mass is 372 g/mol. The number of carbonyl (C=O) groups is 1. The van der Waals surface area contributed by atoms with Crippen LogP contribution in [0, 0.1) is 0 Å². The summed E-state index contributed by atoms with van der Waals surface area (Å²) in [6.45, 7) is 0. The van der Waals surface area contributed by atoms with Gasteiger partial charge in [-0.3, -0.25) is 9.78 Å². The number of hydrogen-bond acceptors (Lipinski definition) is 5. The Hall–Kier alpha value is -3.34. The molecule has 0 saturated carbocycles. The second-order valence-corrected chi connectivity index (χ2v) is 7.26. The Kier molecular flexibility index (Phi) is 3.83. The van der Waals surface area contributed by atoms with Gasteiger partial charge in [-0.2, -0.15) is 0 Å². The summed E-state index contributed by atoms with van der Waals surface area (Å²) in [7, 11) is 1.53. The van der Waals surface area contributed by atoms with Crippen molar-refractivity contribution in [2.24, 2.45) is 0 Å². The molecule has 140 valence electrons. The lowest BCUT2D eigenvalue weighted by atomic mass is 9.75. The first kappa shape index (κ1) is 16.8. The molecular formula is C23H20N2O3. The molecule has 5 nitrogen and oxygen atoms in total. The van der Waals surface area contributed by atoms with E-state index in [1.54, 1.807) is 12.3 Å². The highest BCUT2D eigenvalue weighted by molar-refractivity contribution is 6.04. The quantitative estimate of drug-likeness (QED) is 0.692. The van der Waals surface area contributed by atoms with Crippen molar-refractivity contribution in [3.8, 4) is 11.5 Å². The molecule has 0 amide bonds. The highest BCUT2D eigenvalue weighted by Crippen LogP contribution is 2.48. The number of hydrogen-bond donors (Lipinski definition) is 2. The Morgan fingerprint density at radius 2 is 2.07 bits per heavy atom. The van der Waals surface area contributed by atoms with Crippen molar-refractivity contribution in [1.29, 1.82) is 0 Å². The number of ether oxygens (including phenoxy) is 1. The van der Waals surface area contributed by atoms with E-state index < -0.39 is 0 Å². The number of carbonyl (C=O) groups excluding carboxylic acids is 1. The lowest BCUT2D eigenvalue weighted by Gasteiger charge is -2.34. The lowest BCUT2D eigenvalue weighted by Crippen LogP contribution is -2.27. The van der Waals surface area contributed by atoms with Gasteiger partial charge in [-0.15, -0.1) is 0 Å². The van der Waals surface area contributed by atoms with Crippen LogP contribution in [0.1, 0.15) is 36.3 Å². The first-order valence-corrected chi connectivity index (χ1v) is 9.45. The van der Waals surface area contributed by atoms with Crippen LogP contribution < -0.4 is 10.1 Å². The number of aromatic hydroxyl groups is 1. The number of anilines is 1. The summed E-state index contributed by atoms with van der Waals surface area (Å²) in [5.41, 5.74) is 5.73. The van der Waals surface area contributed by atoms with Gasteiger partial charge in [-0.05, 0) is 54.3 Å². The third-order valence-electron chi connectivity index (χ3n) is 5.69. The van der Waals surface area contributed by atoms with Crippen LogP contribution in [0.25, 0.3) is 10.9 Å². The highest BCUT2D eigenvalue weighted by Gasteiger charge is 2.36. The number of phenols is 1. The van der Waals surface area contributed by atoms with Crippen LogP contribution in [0.5, 0.6) is 11.5 Å². The van der Waals surface area contributed by atoms with Crippen LogP contribution >= 0.6 is 0 Å². The van der Waals surface area contributed by atoms with Crippen molar-refractivity contribution in [3.63, 3.8) is 0 Å². The van der Waals surface area contributed by atoms with Crippen LogP contribution in [-0.2, 0) is 4.79 Å². The number of pyridine rings is 1. The van der Waals surface area contributed by atoms with E-state index in [2.05, 4.69) is 16.4 Å². The van der Waals surface area contributed by atoms with Crippen LogP contribution in [0.15, 0.2) is 59.9 Å². The number of allylic oxidation sites excluding steroid dienone is 2. The van der Waals surface area contributed by atoms with E-state index in [4.69, 9.17) is 4.74 Å². The molecule has 5 rings (SSSR count). The molecule has 1 atom stereocenters. The summed E-state index contributed by atoms with van der Waals surface area (Å²) in [5, 5.41) is 14.6. The minimum absolute atomic E-state index is 0.0901. The van der Waals surface area contributed by atoms with E-state index in [9.17, 15) is 9.90 Å². The molecule has 3 aromatic rings. The second kappa shape index (κ2) is 6.37. The van der Waals surface area contributed by atoms with Crippen molar-refractivity contribution < 1.29 is 14.6 Å². The molecule has 1 aromatic heterocycles. The molecule has 0 radical (unpaired) electrons. The summed E-state index contributed by atoms with van der Waals surface area (Å²) < 4.78 is 5.32. The van der Waals surface area contributed by atoms with Crippen LogP contribution in [0.2, 0.25) is 0 Å². The fraction of sp³-hybridized carbons (Fsp3) is 0.217. The molecule has 2 N–H and O–H groups in total. The molecule has 0 fully saturated rings. The molecule has 0 unspecified atom stereocenters. The van der Waals surface area contributed by atoms with Gasteiger partial charge in [-0.25, -0.2) is 0 Å². The van der Waals surface area contributed by atoms with Crippen molar-refractivity contribution in [2.45, 2.75) is 25.2 Å². The van der Waals surface area contributed by atoms with Gasteiger partial charge < -0.3 is 15.2 Å². The summed E-state index contributed by atoms with van der Waals surface area (Å²) >= 11 is 0. The van der Waals surface area contributed by atoms with E-state index >= 15 is 0 Å². The summed E-state index contributed by atoms with van der Waals surface area (Å²) in [6, 6.07) is 13.4. The van der Waals surface area contributed by atoms with Gasteiger partial charge in [0.15, 0.2) is 17.3 Å². The zero-order valence-electron chi connectivity index (χ0n) is 15.5. The standard InChI is InChI=1S/C23H20N2O3/c1-28-20-12-13(7-10-18(20)26)21-15-8-9-16-14(4-3-11-24-16)23(15)25-17-5-2-6-19(27)22(17)21/h3-4,7-12,21,25-26H,2,5-6H2,1H3/t21-/m0/s1. The van der Waals surface area contributed by atoms with Gasteiger partial charge in [0.25, 0.3) is 0 Å². The van der Waals surface area contributed by atoms with Gasteiger partial charge in [-0.1, -0.05) is 12.1 Å². The molecule has 28 heavy (non-hydrogen) atoms. The minimum Gasteiger partial charge on any atom is -0.504 e. The zero-order chi connectivity index (χ0) is 19.3. The number of phenolic OH excluding ortho intramolecular Hbond substituents is 1. The normalized spacial score (nSPS) is 18.5. The summed E-state index contributed by atoms with van der Waals surface area (Å²) in [5.74, 6) is 0.485. The van der Waals surface area contributed by atoms with E-state index in [1.807, 2.05) is 30.3 Å². The molecule has 5 heteroatoms. The van der Waals surface area contributed by atoms with Gasteiger partial charge >= 0.3 is 0 Å². The van der Waals surface area contributed by atoms with E-state index in [1.165, 1.54) is 7.11 Å². The number of fused-ring (bicyclic) bond motifs is 3. The Morgan fingerprint density at radius 3 is 2.93 bits per heavy atom. The molecule has 2 aromatic carbocycles. The van der Waals surface area contributed by atoms with Gasteiger partial charge in [0.05, 0.1) is 18.3 Å². The molecule has 2 aliphatic rings. The number of Topliss-reactive ketones (excluding diaryl/α,β-unsaturated/α-hetero) is 1. The summed E-state index contributed by atoms with van der Waals surface area (Å²) in [4.78, 5) is 17.4. The molecular weight excluding hydrogens is 352 g/mol. The van der Waals surface area contributed by atoms with E-state index in [0.717, 1.165) is 51.8 Å². The first-order valence-electron chi connectivity index (χ1n) is 9.45. The lowest BCUT2D eigenvalue weighted by molar-refractivity contribution is -0.116. The maximum atomic E-state index is 12.9. The Balaban J connectivity index is 1.79. The maximum Gasteiger partial charge on any atom is 0.161 e. The molecule has 1 aliphatic heterocycles. The smallest absolute Gasteiger partial charge is 0.161 e. The van der Waals surface area contributed by atoms with Gasteiger partial charge in [0, 0.05) is 35.2 Å². The molecule has 2 heterocycles. The van der Waals surface area contributed by atoms with E-state index in [-0.39, 0.29) is 17.5 Å². The SMILES string of the molecule is COc1cc([C@@H]2C3=C(CCCC3=O)Nc3c2ccc2ncccc32)ccc1O. The van der Waals surface area contributed by atoms with Crippen LogP contribution in [0.4, 0.5) is 5.69 Å². The first-order chi connectivity index (χ1) is 13.7. The largest absolute Gasteiger partial charge is 0.504 e. The Morgan fingerprint density at radius 1 is 1.18 bits per heavy atom. The Bertz CT molecular complexity index is 1150. The van der Waals surface area contributed by atoms with Crippen LogP contribution in [-0.4, -0.2) is 23.0 Å².